The lowest BCUT2D eigenvalue weighted by Gasteiger charge is -2.05. The van der Waals surface area contributed by atoms with Crippen LogP contribution >= 0.6 is 11.6 Å². The molecule has 29 heavy (non-hydrogen) atoms. The molecular weight excluding hydrogens is 384 g/mol. The second-order valence-corrected chi connectivity index (χ2v) is 7.44. The number of rotatable bonds is 4. The summed E-state index contributed by atoms with van der Waals surface area (Å²) in [4.78, 5) is 22.1. The first-order valence-electron chi connectivity index (χ1n) is 9.25. The molecule has 0 spiro atoms. The minimum absolute atomic E-state index is 0.102. The van der Waals surface area contributed by atoms with Crippen molar-refractivity contribution in [2.45, 2.75) is 6.54 Å². The number of imidazole rings is 1. The summed E-state index contributed by atoms with van der Waals surface area (Å²) in [5, 5.41) is 1.62. The van der Waals surface area contributed by atoms with Gasteiger partial charge in [-0.3, -0.25) is 9.78 Å². The fourth-order valence-corrected chi connectivity index (χ4v) is 3.83. The van der Waals surface area contributed by atoms with Gasteiger partial charge in [0.05, 0.1) is 22.8 Å². The number of nitrogens with zero attached hydrogens (tertiary/aromatic N) is 4. The highest BCUT2D eigenvalue weighted by atomic mass is 35.5. The van der Waals surface area contributed by atoms with Gasteiger partial charge in [-0.15, -0.1) is 0 Å². The summed E-state index contributed by atoms with van der Waals surface area (Å²) in [6.45, 7) is 0.650. The molecule has 2 aromatic carbocycles. The molecule has 0 aliphatic rings. The number of benzene rings is 2. The second-order valence-electron chi connectivity index (χ2n) is 7.00. The van der Waals surface area contributed by atoms with Crippen LogP contribution in [-0.2, 0) is 13.6 Å². The van der Waals surface area contributed by atoms with Gasteiger partial charge in [-0.25, -0.2) is 4.98 Å². The first-order valence-corrected chi connectivity index (χ1v) is 9.63. The number of hydrogen-bond donors (Lipinski definition) is 0. The third kappa shape index (κ3) is 3.00. The van der Waals surface area contributed by atoms with Gasteiger partial charge in [0.2, 0.25) is 5.78 Å². The summed E-state index contributed by atoms with van der Waals surface area (Å²) in [5.41, 5.74) is 4.35. The van der Waals surface area contributed by atoms with Crippen molar-refractivity contribution in [1.29, 1.82) is 0 Å². The number of carbonyl (C=O) groups excluding carboxylic acids is 1. The molecule has 5 aromatic rings. The predicted octanol–water partition coefficient (Wildman–Crippen LogP) is 4.86. The summed E-state index contributed by atoms with van der Waals surface area (Å²) >= 11 is 6.01. The minimum Gasteiger partial charge on any atom is -0.342 e. The molecule has 0 saturated heterocycles. The molecule has 3 heterocycles. The average Bonchev–Trinajstić information content (AvgIpc) is 3.28. The quantitative estimate of drug-likeness (QED) is 0.405. The maximum absolute atomic E-state index is 13.4. The van der Waals surface area contributed by atoms with Gasteiger partial charge in [0.1, 0.15) is 0 Å². The molecule has 0 bridgehead atoms. The van der Waals surface area contributed by atoms with E-state index in [0.717, 1.165) is 27.5 Å². The van der Waals surface area contributed by atoms with Gasteiger partial charge in [-0.05, 0) is 29.8 Å². The molecule has 0 N–H and O–H groups in total. The fourth-order valence-electron chi connectivity index (χ4n) is 3.70. The van der Waals surface area contributed by atoms with E-state index in [9.17, 15) is 4.79 Å². The summed E-state index contributed by atoms with van der Waals surface area (Å²) in [6, 6.07) is 17.5. The van der Waals surface area contributed by atoms with Gasteiger partial charge >= 0.3 is 0 Å². The predicted molar refractivity (Wildman–Crippen MR) is 114 cm³/mol. The zero-order chi connectivity index (χ0) is 20.0. The summed E-state index contributed by atoms with van der Waals surface area (Å²) in [6.07, 6.45) is 5.32. The molecule has 5 rings (SSSR count). The van der Waals surface area contributed by atoms with Crippen molar-refractivity contribution in [3.8, 4) is 0 Å². The van der Waals surface area contributed by atoms with Crippen LogP contribution in [0.1, 0.15) is 21.7 Å². The Hall–Kier alpha value is -3.44. The molecule has 0 aliphatic carbocycles. The van der Waals surface area contributed by atoms with Crippen LogP contribution in [0.5, 0.6) is 0 Å². The molecular formula is C23H17ClN4O. The van der Waals surface area contributed by atoms with Crippen molar-refractivity contribution in [3.05, 3.63) is 95.2 Å². The smallest absolute Gasteiger partial charge is 0.230 e. The first kappa shape index (κ1) is 17.6. The maximum atomic E-state index is 13.4. The number of pyridine rings is 1. The standard InChI is InChI=1S/C23H17ClN4O/c1-27-21-12-25-11-10-19(21)26-23(27)22(29)18-14-28(20-5-3-2-4-17(18)20)13-15-6-8-16(24)9-7-15/h2-12,14H,13H2,1H3. The van der Waals surface area contributed by atoms with Crippen LogP contribution < -0.4 is 0 Å². The van der Waals surface area contributed by atoms with Crippen molar-refractivity contribution in [2.24, 2.45) is 7.05 Å². The van der Waals surface area contributed by atoms with Crippen LogP contribution in [-0.4, -0.2) is 24.9 Å². The van der Waals surface area contributed by atoms with E-state index in [1.807, 2.05) is 67.8 Å². The molecule has 0 saturated carbocycles. The number of para-hydroxylation sites is 1. The van der Waals surface area contributed by atoms with E-state index < -0.39 is 0 Å². The molecule has 6 heteroatoms. The Bertz CT molecular complexity index is 1370. The Kier molecular flexibility index (Phi) is 4.18. The van der Waals surface area contributed by atoms with Gasteiger partial charge in [0.15, 0.2) is 5.82 Å². The summed E-state index contributed by atoms with van der Waals surface area (Å²) in [5.74, 6) is 0.303. The lowest BCUT2D eigenvalue weighted by atomic mass is 10.1. The van der Waals surface area contributed by atoms with E-state index in [-0.39, 0.29) is 5.78 Å². The number of hydrogen-bond acceptors (Lipinski definition) is 3. The van der Waals surface area contributed by atoms with Crippen LogP contribution in [0.4, 0.5) is 0 Å². The number of ketones is 1. The van der Waals surface area contributed by atoms with E-state index in [1.54, 1.807) is 17.0 Å². The Morgan fingerprint density at radius 3 is 2.62 bits per heavy atom. The molecule has 3 aromatic heterocycles. The first-order chi connectivity index (χ1) is 14.1. The fraction of sp³-hybridized carbons (Fsp3) is 0.0870. The van der Waals surface area contributed by atoms with Crippen LogP contribution in [0, 0.1) is 0 Å². The third-order valence-electron chi connectivity index (χ3n) is 5.19. The lowest BCUT2D eigenvalue weighted by molar-refractivity contribution is 0.102. The highest BCUT2D eigenvalue weighted by Crippen LogP contribution is 2.26. The molecule has 0 radical (unpaired) electrons. The molecule has 0 aliphatic heterocycles. The van der Waals surface area contributed by atoms with E-state index in [4.69, 9.17) is 11.6 Å². The number of aryl methyl sites for hydroxylation is 1. The van der Waals surface area contributed by atoms with Gasteiger partial charge in [-0.1, -0.05) is 41.9 Å². The van der Waals surface area contributed by atoms with Crippen LogP contribution in [0.25, 0.3) is 21.9 Å². The number of fused-ring (bicyclic) bond motifs is 2. The Morgan fingerprint density at radius 1 is 1.03 bits per heavy atom. The lowest BCUT2D eigenvalue weighted by Crippen LogP contribution is -2.08. The average molecular weight is 401 g/mol. The summed E-state index contributed by atoms with van der Waals surface area (Å²) < 4.78 is 3.89. The second kappa shape index (κ2) is 6.87. The zero-order valence-electron chi connectivity index (χ0n) is 15.7. The van der Waals surface area contributed by atoms with Gasteiger partial charge in [0.25, 0.3) is 0 Å². The maximum Gasteiger partial charge on any atom is 0.230 e. The molecule has 0 fully saturated rings. The van der Waals surface area contributed by atoms with E-state index in [2.05, 4.69) is 14.5 Å². The van der Waals surface area contributed by atoms with Crippen molar-refractivity contribution in [2.75, 3.05) is 0 Å². The molecule has 142 valence electrons. The molecule has 0 unspecified atom stereocenters. The van der Waals surface area contributed by atoms with Crippen LogP contribution in [0.3, 0.4) is 0 Å². The van der Waals surface area contributed by atoms with Crippen molar-refractivity contribution < 1.29 is 4.79 Å². The molecule has 0 amide bonds. The molecule has 5 nitrogen and oxygen atoms in total. The Morgan fingerprint density at radius 2 is 1.83 bits per heavy atom. The zero-order valence-corrected chi connectivity index (χ0v) is 16.5. The molecule has 0 atom stereocenters. The Labute approximate surface area is 172 Å². The SMILES string of the molecule is Cn1c(C(=O)c2cn(Cc3ccc(Cl)cc3)c3ccccc23)nc2ccncc21. The largest absolute Gasteiger partial charge is 0.342 e. The highest BCUT2D eigenvalue weighted by molar-refractivity contribution is 6.30. The normalized spacial score (nSPS) is 11.4. The summed E-state index contributed by atoms with van der Waals surface area (Å²) in [7, 11) is 1.84. The Balaban J connectivity index is 1.62. The van der Waals surface area contributed by atoms with Gasteiger partial charge < -0.3 is 9.13 Å². The monoisotopic (exact) mass is 400 g/mol. The number of carbonyl (C=O) groups is 1. The third-order valence-corrected chi connectivity index (χ3v) is 5.44. The number of aromatic nitrogens is 4. The van der Waals surface area contributed by atoms with Crippen molar-refractivity contribution >= 4 is 39.3 Å². The number of halogens is 1. The topological polar surface area (TPSA) is 52.7 Å². The van der Waals surface area contributed by atoms with Crippen molar-refractivity contribution in [3.63, 3.8) is 0 Å². The van der Waals surface area contributed by atoms with Gasteiger partial charge in [-0.2, -0.15) is 0 Å². The van der Waals surface area contributed by atoms with Crippen LogP contribution in [0.15, 0.2) is 73.2 Å². The minimum atomic E-state index is -0.102. The van der Waals surface area contributed by atoms with Crippen LogP contribution in [0.2, 0.25) is 5.02 Å². The van der Waals surface area contributed by atoms with Gasteiger partial charge in [0, 0.05) is 41.9 Å². The van der Waals surface area contributed by atoms with E-state index >= 15 is 0 Å². The van der Waals surface area contributed by atoms with E-state index in [0.29, 0.717) is 23.0 Å². The van der Waals surface area contributed by atoms with E-state index in [1.165, 1.54) is 0 Å². The van der Waals surface area contributed by atoms with Crippen molar-refractivity contribution in [1.82, 2.24) is 19.1 Å². The highest BCUT2D eigenvalue weighted by Gasteiger charge is 2.21.